The van der Waals surface area contributed by atoms with Gasteiger partial charge in [-0.25, -0.2) is 0 Å². The van der Waals surface area contributed by atoms with Gasteiger partial charge in [0, 0.05) is 0 Å². The SMILES string of the molecule is C=CC(O)(c1ccc(OC)cc1)c1ccc(-c2ccccc2)cc1. The summed E-state index contributed by atoms with van der Waals surface area (Å²) in [6, 6.07) is 25.4. The number of hydrogen-bond acceptors (Lipinski definition) is 2. The highest BCUT2D eigenvalue weighted by Crippen LogP contribution is 2.33. The Bertz CT molecular complexity index is 805. The lowest BCUT2D eigenvalue weighted by Crippen LogP contribution is -2.24. The largest absolute Gasteiger partial charge is 0.497 e. The summed E-state index contributed by atoms with van der Waals surface area (Å²) in [6.45, 7) is 3.83. The van der Waals surface area contributed by atoms with E-state index < -0.39 is 5.60 Å². The molecular weight excluding hydrogens is 296 g/mol. The molecule has 0 amide bonds. The highest BCUT2D eigenvalue weighted by molar-refractivity contribution is 5.64. The van der Waals surface area contributed by atoms with Gasteiger partial charge in [-0.2, -0.15) is 0 Å². The molecule has 0 spiro atoms. The molecule has 2 nitrogen and oxygen atoms in total. The number of aliphatic hydroxyl groups is 1. The first-order chi connectivity index (χ1) is 11.7. The fourth-order valence-corrected chi connectivity index (χ4v) is 2.79. The Labute approximate surface area is 142 Å². The summed E-state index contributed by atoms with van der Waals surface area (Å²) in [6.07, 6.45) is 1.56. The monoisotopic (exact) mass is 316 g/mol. The normalized spacial score (nSPS) is 13.1. The molecular formula is C22H20O2. The summed E-state index contributed by atoms with van der Waals surface area (Å²) in [5.74, 6) is 0.754. The summed E-state index contributed by atoms with van der Waals surface area (Å²) in [4.78, 5) is 0. The molecule has 1 atom stereocenters. The Morgan fingerprint density at radius 1 is 0.792 bits per heavy atom. The third-order valence-corrected chi connectivity index (χ3v) is 4.26. The lowest BCUT2D eigenvalue weighted by atomic mass is 9.85. The molecule has 0 saturated heterocycles. The molecule has 0 fully saturated rings. The average Bonchev–Trinajstić information content (AvgIpc) is 2.68. The molecule has 0 aliphatic carbocycles. The second-order valence-corrected chi connectivity index (χ2v) is 5.64. The maximum absolute atomic E-state index is 11.1. The van der Waals surface area contributed by atoms with Crippen molar-refractivity contribution in [3.8, 4) is 16.9 Å². The number of benzene rings is 3. The summed E-state index contributed by atoms with van der Waals surface area (Å²) in [5.41, 5.74) is 2.56. The van der Waals surface area contributed by atoms with E-state index in [1.165, 1.54) is 0 Å². The number of rotatable bonds is 5. The van der Waals surface area contributed by atoms with Gasteiger partial charge in [0.2, 0.25) is 0 Å². The van der Waals surface area contributed by atoms with Crippen molar-refractivity contribution < 1.29 is 9.84 Å². The quantitative estimate of drug-likeness (QED) is 0.686. The Morgan fingerprint density at radius 3 is 1.79 bits per heavy atom. The maximum Gasteiger partial charge on any atom is 0.133 e. The number of methoxy groups -OCH3 is 1. The van der Waals surface area contributed by atoms with Crippen LogP contribution in [-0.4, -0.2) is 12.2 Å². The predicted octanol–water partition coefficient (Wildman–Crippen LogP) is 4.78. The van der Waals surface area contributed by atoms with Crippen LogP contribution >= 0.6 is 0 Å². The van der Waals surface area contributed by atoms with Crippen molar-refractivity contribution in [2.75, 3.05) is 7.11 Å². The van der Waals surface area contributed by atoms with E-state index >= 15 is 0 Å². The van der Waals surface area contributed by atoms with Crippen molar-refractivity contribution in [2.24, 2.45) is 0 Å². The molecule has 3 aromatic rings. The van der Waals surface area contributed by atoms with E-state index in [-0.39, 0.29) is 0 Å². The molecule has 0 aliphatic heterocycles. The summed E-state index contributed by atoms with van der Waals surface area (Å²) in [5, 5.41) is 11.1. The zero-order chi connectivity index (χ0) is 17.0. The van der Waals surface area contributed by atoms with Crippen molar-refractivity contribution in [1.29, 1.82) is 0 Å². The minimum absolute atomic E-state index is 0.754. The van der Waals surface area contributed by atoms with E-state index in [1.54, 1.807) is 13.2 Å². The van der Waals surface area contributed by atoms with Gasteiger partial charge in [0.25, 0.3) is 0 Å². The van der Waals surface area contributed by atoms with E-state index in [2.05, 4.69) is 18.7 Å². The second kappa shape index (κ2) is 6.73. The smallest absolute Gasteiger partial charge is 0.133 e. The minimum Gasteiger partial charge on any atom is -0.497 e. The highest BCUT2D eigenvalue weighted by Gasteiger charge is 2.27. The van der Waals surface area contributed by atoms with Crippen LogP contribution in [0.5, 0.6) is 5.75 Å². The molecule has 3 rings (SSSR count). The molecule has 1 unspecified atom stereocenters. The summed E-state index contributed by atoms with van der Waals surface area (Å²) < 4.78 is 5.18. The van der Waals surface area contributed by atoms with Crippen LogP contribution in [0.15, 0.2) is 91.5 Å². The Balaban J connectivity index is 1.96. The first-order valence-electron chi connectivity index (χ1n) is 7.84. The standard InChI is InChI=1S/C22H20O2/c1-3-22(23,20-13-15-21(24-2)16-14-20)19-11-9-18(10-12-19)17-7-5-4-6-8-17/h3-16,23H,1H2,2H3. The first kappa shape index (κ1) is 16.0. The van der Waals surface area contributed by atoms with Gasteiger partial charge in [0.1, 0.15) is 11.4 Å². The van der Waals surface area contributed by atoms with E-state index in [0.29, 0.717) is 0 Å². The molecule has 0 aliphatic rings. The van der Waals surface area contributed by atoms with Crippen molar-refractivity contribution in [3.05, 3.63) is 103 Å². The maximum atomic E-state index is 11.1. The highest BCUT2D eigenvalue weighted by atomic mass is 16.5. The van der Waals surface area contributed by atoms with Gasteiger partial charge in [0.15, 0.2) is 0 Å². The fourth-order valence-electron chi connectivity index (χ4n) is 2.79. The second-order valence-electron chi connectivity index (χ2n) is 5.64. The van der Waals surface area contributed by atoms with Crippen LogP contribution in [0, 0.1) is 0 Å². The van der Waals surface area contributed by atoms with Gasteiger partial charge in [-0.1, -0.05) is 79.4 Å². The molecule has 0 bridgehead atoms. The van der Waals surface area contributed by atoms with Gasteiger partial charge in [-0.3, -0.25) is 0 Å². The van der Waals surface area contributed by atoms with Crippen molar-refractivity contribution in [3.63, 3.8) is 0 Å². The Hall–Kier alpha value is -2.84. The zero-order valence-corrected chi connectivity index (χ0v) is 13.6. The van der Waals surface area contributed by atoms with Crippen LogP contribution in [0.25, 0.3) is 11.1 Å². The van der Waals surface area contributed by atoms with E-state index in [9.17, 15) is 5.11 Å². The van der Waals surface area contributed by atoms with Gasteiger partial charge in [-0.15, -0.1) is 0 Å². The van der Waals surface area contributed by atoms with Crippen LogP contribution in [0.2, 0.25) is 0 Å². The molecule has 0 saturated carbocycles. The topological polar surface area (TPSA) is 29.5 Å². The third kappa shape index (κ3) is 2.97. The Kier molecular flexibility index (Phi) is 4.50. The van der Waals surface area contributed by atoms with Crippen LogP contribution in [0.3, 0.4) is 0 Å². The zero-order valence-electron chi connectivity index (χ0n) is 13.6. The molecule has 120 valence electrons. The lowest BCUT2D eigenvalue weighted by molar-refractivity contribution is 0.135. The fraction of sp³-hybridized carbons (Fsp3) is 0.0909. The van der Waals surface area contributed by atoms with E-state index in [4.69, 9.17) is 4.74 Å². The van der Waals surface area contributed by atoms with Gasteiger partial charge in [-0.05, 0) is 34.4 Å². The van der Waals surface area contributed by atoms with E-state index in [1.807, 2.05) is 66.7 Å². The van der Waals surface area contributed by atoms with Crippen LogP contribution in [0.1, 0.15) is 11.1 Å². The van der Waals surface area contributed by atoms with Gasteiger partial charge < -0.3 is 9.84 Å². The Morgan fingerprint density at radius 2 is 1.29 bits per heavy atom. The van der Waals surface area contributed by atoms with Crippen molar-refractivity contribution >= 4 is 0 Å². The molecule has 2 heteroatoms. The van der Waals surface area contributed by atoms with Crippen LogP contribution < -0.4 is 4.74 Å². The van der Waals surface area contributed by atoms with Crippen LogP contribution in [0.4, 0.5) is 0 Å². The van der Waals surface area contributed by atoms with Crippen molar-refractivity contribution in [1.82, 2.24) is 0 Å². The number of hydrogen-bond donors (Lipinski definition) is 1. The average molecular weight is 316 g/mol. The molecule has 0 radical (unpaired) electrons. The molecule has 1 N–H and O–H groups in total. The van der Waals surface area contributed by atoms with Crippen molar-refractivity contribution in [2.45, 2.75) is 5.60 Å². The molecule has 0 aromatic heterocycles. The summed E-state index contributed by atoms with van der Waals surface area (Å²) >= 11 is 0. The van der Waals surface area contributed by atoms with Gasteiger partial charge >= 0.3 is 0 Å². The molecule has 24 heavy (non-hydrogen) atoms. The molecule has 3 aromatic carbocycles. The van der Waals surface area contributed by atoms with E-state index in [0.717, 1.165) is 28.0 Å². The first-order valence-corrected chi connectivity index (χ1v) is 7.84. The molecule has 0 heterocycles. The predicted molar refractivity (Wildman–Crippen MR) is 98.1 cm³/mol. The number of ether oxygens (including phenoxy) is 1. The minimum atomic E-state index is -1.23. The van der Waals surface area contributed by atoms with Gasteiger partial charge in [0.05, 0.1) is 7.11 Å². The summed E-state index contributed by atoms with van der Waals surface area (Å²) in [7, 11) is 1.62. The lowest BCUT2D eigenvalue weighted by Gasteiger charge is -2.26. The third-order valence-electron chi connectivity index (χ3n) is 4.26. The van der Waals surface area contributed by atoms with Crippen LogP contribution in [-0.2, 0) is 5.60 Å².